The Morgan fingerprint density at radius 3 is 2.10 bits per heavy atom. The van der Waals surface area contributed by atoms with Crippen LogP contribution in [0.2, 0.25) is 5.02 Å². The van der Waals surface area contributed by atoms with Crippen molar-refractivity contribution in [1.29, 1.82) is 0 Å². The lowest BCUT2D eigenvalue weighted by Gasteiger charge is -2.09. The Balaban J connectivity index is 1.41. The Hall–Kier alpha value is -3.84. The predicted molar refractivity (Wildman–Crippen MR) is 118 cm³/mol. The lowest BCUT2D eigenvalue weighted by Crippen LogP contribution is -2.24. The van der Waals surface area contributed by atoms with Crippen LogP contribution in [0.5, 0.6) is 5.75 Å². The van der Waals surface area contributed by atoms with Crippen LogP contribution in [-0.4, -0.2) is 24.8 Å². The second-order valence-electron chi connectivity index (χ2n) is 6.10. The molecule has 3 amide bonds. The molecule has 0 saturated carbocycles. The Bertz CT molecular complexity index is 1010. The number of nitrogens with zero attached hydrogens (tertiary/aromatic N) is 1. The number of rotatable bonds is 7. The number of amides is 3. The topological polar surface area (TPSA) is 91.8 Å². The van der Waals surface area contributed by atoms with E-state index in [0.717, 1.165) is 5.56 Å². The molecule has 3 N–H and O–H groups in total. The predicted octanol–water partition coefficient (Wildman–Crippen LogP) is 4.51. The first kappa shape index (κ1) is 20.9. The summed E-state index contributed by atoms with van der Waals surface area (Å²) in [6.07, 6.45) is 1.55. The van der Waals surface area contributed by atoms with E-state index in [9.17, 15) is 9.59 Å². The molecule has 7 nitrogen and oxygen atoms in total. The summed E-state index contributed by atoms with van der Waals surface area (Å²) in [7, 11) is 0. The van der Waals surface area contributed by atoms with E-state index in [2.05, 4.69) is 21.2 Å². The Morgan fingerprint density at radius 1 is 0.867 bits per heavy atom. The molecular formula is C22H19ClN4O3. The van der Waals surface area contributed by atoms with Crippen molar-refractivity contribution in [2.45, 2.75) is 0 Å². The molecule has 0 heterocycles. The van der Waals surface area contributed by atoms with Crippen LogP contribution >= 0.6 is 11.6 Å². The minimum absolute atomic E-state index is 0.185. The van der Waals surface area contributed by atoms with Gasteiger partial charge in [0, 0.05) is 16.4 Å². The molecule has 0 spiro atoms. The number of carbonyl (C=O) groups is 2. The molecular weight excluding hydrogens is 404 g/mol. The molecule has 0 atom stereocenters. The lowest BCUT2D eigenvalue weighted by atomic mass is 10.2. The highest BCUT2D eigenvalue weighted by Crippen LogP contribution is 2.17. The fourth-order valence-electron chi connectivity index (χ4n) is 2.36. The van der Waals surface area contributed by atoms with Crippen molar-refractivity contribution in [3.8, 4) is 5.75 Å². The van der Waals surface area contributed by atoms with Gasteiger partial charge in [-0.15, -0.1) is 0 Å². The van der Waals surface area contributed by atoms with Gasteiger partial charge in [-0.2, -0.15) is 5.10 Å². The summed E-state index contributed by atoms with van der Waals surface area (Å²) in [5, 5.41) is 9.87. The molecule has 3 rings (SSSR count). The second kappa shape index (κ2) is 10.6. The van der Waals surface area contributed by atoms with E-state index in [1.165, 1.54) is 0 Å². The van der Waals surface area contributed by atoms with Gasteiger partial charge >= 0.3 is 6.03 Å². The van der Waals surface area contributed by atoms with Crippen molar-refractivity contribution < 1.29 is 14.3 Å². The minimum atomic E-state index is -0.387. The van der Waals surface area contributed by atoms with Gasteiger partial charge < -0.3 is 15.4 Å². The number of hydrogen-bond donors (Lipinski definition) is 3. The summed E-state index contributed by atoms with van der Waals surface area (Å²) in [6, 6.07) is 22.4. The maximum Gasteiger partial charge on any atom is 0.323 e. The van der Waals surface area contributed by atoms with Crippen LogP contribution in [0.1, 0.15) is 5.56 Å². The summed E-state index contributed by atoms with van der Waals surface area (Å²) < 4.78 is 5.41. The van der Waals surface area contributed by atoms with Crippen molar-refractivity contribution in [3.63, 3.8) is 0 Å². The number of anilines is 2. The number of hydrazone groups is 1. The van der Waals surface area contributed by atoms with Crippen LogP contribution in [-0.2, 0) is 4.79 Å². The van der Waals surface area contributed by atoms with Gasteiger partial charge in [0.1, 0.15) is 5.75 Å². The average Bonchev–Trinajstić information content (AvgIpc) is 2.76. The van der Waals surface area contributed by atoms with Gasteiger partial charge in [0.15, 0.2) is 6.61 Å². The van der Waals surface area contributed by atoms with Crippen LogP contribution in [0.3, 0.4) is 0 Å². The molecule has 0 aliphatic carbocycles. The third-order valence-electron chi connectivity index (χ3n) is 3.79. The number of carbonyl (C=O) groups excluding carboxylic acids is 2. The zero-order valence-corrected chi connectivity index (χ0v) is 16.6. The molecule has 0 fully saturated rings. The highest BCUT2D eigenvalue weighted by atomic mass is 35.5. The van der Waals surface area contributed by atoms with Gasteiger partial charge in [-0.1, -0.05) is 41.9 Å². The van der Waals surface area contributed by atoms with E-state index >= 15 is 0 Å². The van der Waals surface area contributed by atoms with Gasteiger partial charge in [0.05, 0.1) is 6.21 Å². The van der Waals surface area contributed by atoms with Crippen molar-refractivity contribution in [3.05, 3.63) is 89.4 Å². The van der Waals surface area contributed by atoms with Gasteiger partial charge in [-0.05, 0) is 54.1 Å². The number of ether oxygens (including phenoxy) is 1. The minimum Gasteiger partial charge on any atom is -0.484 e. The van der Waals surface area contributed by atoms with Crippen LogP contribution in [0.25, 0.3) is 0 Å². The number of benzene rings is 3. The van der Waals surface area contributed by atoms with Crippen LogP contribution in [0, 0.1) is 0 Å². The smallest absolute Gasteiger partial charge is 0.323 e. The zero-order valence-electron chi connectivity index (χ0n) is 15.8. The molecule has 0 unspecified atom stereocenters. The molecule has 0 aliphatic heterocycles. The quantitative estimate of drug-likeness (QED) is 0.386. The molecule has 3 aromatic carbocycles. The van der Waals surface area contributed by atoms with Crippen molar-refractivity contribution in [2.24, 2.45) is 5.10 Å². The van der Waals surface area contributed by atoms with Crippen LogP contribution in [0.4, 0.5) is 16.2 Å². The third kappa shape index (κ3) is 6.96. The lowest BCUT2D eigenvalue weighted by molar-refractivity contribution is -0.123. The second-order valence-corrected chi connectivity index (χ2v) is 6.54. The SMILES string of the molecule is O=C(COc1ccc(NC(=O)Nc2ccc(Cl)cc2)cc1)N/N=C/c1ccccc1. The molecule has 0 radical (unpaired) electrons. The molecule has 0 aliphatic rings. The van der Waals surface area contributed by atoms with E-state index in [-0.39, 0.29) is 18.5 Å². The summed E-state index contributed by atoms with van der Waals surface area (Å²) in [4.78, 5) is 23.8. The fraction of sp³-hybridized carbons (Fsp3) is 0.0455. The van der Waals surface area contributed by atoms with Crippen molar-refractivity contribution in [1.82, 2.24) is 5.43 Å². The van der Waals surface area contributed by atoms with Gasteiger partial charge in [-0.3, -0.25) is 4.79 Å². The van der Waals surface area contributed by atoms with E-state index in [1.54, 1.807) is 54.7 Å². The molecule has 152 valence electrons. The number of urea groups is 1. The maximum absolute atomic E-state index is 12.0. The van der Waals surface area contributed by atoms with E-state index in [1.807, 2.05) is 30.3 Å². The summed E-state index contributed by atoms with van der Waals surface area (Å²) in [6.45, 7) is -0.185. The molecule has 3 aromatic rings. The Labute approximate surface area is 178 Å². The van der Waals surface area contributed by atoms with E-state index < -0.39 is 0 Å². The third-order valence-corrected chi connectivity index (χ3v) is 4.04. The normalized spacial score (nSPS) is 10.4. The number of hydrogen-bond acceptors (Lipinski definition) is 4. The standard InChI is InChI=1S/C22H19ClN4O3/c23-17-6-8-18(9-7-17)25-22(29)26-19-10-12-20(13-11-19)30-15-21(28)27-24-14-16-4-2-1-3-5-16/h1-14H,15H2,(H,27,28)(H2,25,26,29)/b24-14+. The molecule has 0 saturated heterocycles. The molecule has 0 aromatic heterocycles. The van der Waals surface area contributed by atoms with E-state index in [0.29, 0.717) is 22.1 Å². The highest BCUT2D eigenvalue weighted by molar-refractivity contribution is 6.30. The average molecular weight is 423 g/mol. The van der Waals surface area contributed by atoms with Gasteiger partial charge in [-0.25, -0.2) is 10.2 Å². The first-order valence-electron chi connectivity index (χ1n) is 9.02. The fourth-order valence-corrected chi connectivity index (χ4v) is 2.49. The summed E-state index contributed by atoms with van der Waals surface area (Å²) >= 11 is 5.82. The molecule has 8 heteroatoms. The summed E-state index contributed by atoms with van der Waals surface area (Å²) in [5.74, 6) is 0.104. The Morgan fingerprint density at radius 2 is 1.47 bits per heavy atom. The van der Waals surface area contributed by atoms with Crippen molar-refractivity contribution in [2.75, 3.05) is 17.2 Å². The van der Waals surface area contributed by atoms with Crippen LogP contribution < -0.4 is 20.8 Å². The summed E-state index contributed by atoms with van der Waals surface area (Å²) in [5.41, 5.74) is 4.47. The molecule has 0 bridgehead atoms. The largest absolute Gasteiger partial charge is 0.484 e. The van der Waals surface area contributed by atoms with Gasteiger partial charge in [0.25, 0.3) is 5.91 Å². The van der Waals surface area contributed by atoms with Crippen LogP contribution in [0.15, 0.2) is 84.0 Å². The number of nitrogens with one attached hydrogen (secondary N) is 3. The first-order chi connectivity index (χ1) is 14.6. The zero-order chi connectivity index (χ0) is 21.2. The van der Waals surface area contributed by atoms with E-state index in [4.69, 9.17) is 16.3 Å². The highest BCUT2D eigenvalue weighted by Gasteiger charge is 2.05. The maximum atomic E-state index is 12.0. The van der Waals surface area contributed by atoms with Gasteiger partial charge in [0.2, 0.25) is 0 Å². The van der Waals surface area contributed by atoms with Crippen molar-refractivity contribution >= 4 is 41.1 Å². The monoisotopic (exact) mass is 422 g/mol. The molecule has 30 heavy (non-hydrogen) atoms. The Kier molecular flexibility index (Phi) is 7.40. The number of halogens is 1. The first-order valence-corrected chi connectivity index (χ1v) is 9.40.